The molecule has 0 aromatic heterocycles. The average Bonchev–Trinajstić information content (AvgIpc) is 2.20. The standard InChI is InChI=1S/C8H11NO9.4Na/c10-5(11)1-3(7(14)15)9(18)4(8(16)17)2-6(12)13;;;;/h3-4,18H,1-2H2,(H,10,11)(H,12,13)(H,14,15)(H,16,17);;;;/q;4*+1/p-4. The first-order chi connectivity index (χ1) is 8.16. The van der Waals surface area contributed by atoms with E-state index in [2.05, 4.69) is 0 Å². The summed E-state index contributed by atoms with van der Waals surface area (Å²) in [6, 6.07) is -4.59. The van der Waals surface area contributed by atoms with Crippen LogP contribution in [0.3, 0.4) is 0 Å². The molecule has 14 heteroatoms. The van der Waals surface area contributed by atoms with E-state index >= 15 is 0 Å². The third-order valence-electron chi connectivity index (χ3n) is 1.90. The van der Waals surface area contributed by atoms with Crippen molar-refractivity contribution in [2.45, 2.75) is 24.9 Å². The van der Waals surface area contributed by atoms with E-state index in [1.807, 2.05) is 0 Å². The van der Waals surface area contributed by atoms with Crippen LogP contribution in [0.4, 0.5) is 0 Å². The van der Waals surface area contributed by atoms with E-state index in [-0.39, 0.29) is 118 Å². The van der Waals surface area contributed by atoms with Gasteiger partial charge in [-0.1, -0.05) is 0 Å². The maximum atomic E-state index is 10.5. The third-order valence-corrected chi connectivity index (χ3v) is 1.90. The van der Waals surface area contributed by atoms with Crippen molar-refractivity contribution in [3.8, 4) is 0 Å². The first kappa shape index (κ1) is 35.0. The number of nitrogens with zero attached hydrogens (tertiary/aromatic N) is 1. The number of hydrogen-bond donors (Lipinski definition) is 1. The number of hydrogen-bond acceptors (Lipinski definition) is 10. The van der Waals surface area contributed by atoms with E-state index in [4.69, 9.17) is 0 Å². The molecular formula is C8H7NNa4O9. The maximum Gasteiger partial charge on any atom is 1.00 e. The van der Waals surface area contributed by atoms with Crippen LogP contribution in [-0.4, -0.2) is 46.2 Å². The van der Waals surface area contributed by atoms with Crippen molar-refractivity contribution in [1.82, 2.24) is 5.06 Å². The largest absolute Gasteiger partial charge is 1.00 e. The zero-order valence-electron chi connectivity index (χ0n) is 12.7. The number of rotatable bonds is 8. The van der Waals surface area contributed by atoms with Crippen LogP contribution in [0.1, 0.15) is 12.8 Å². The quantitative estimate of drug-likeness (QED) is 0.324. The molecule has 0 spiro atoms. The van der Waals surface area contributed by atoms with Crippen LogP contribution in [0.15, 0.2) is 0 Å². The van der Waals surface area contributed by atoms with Gasteiger partial charge in [0, 0.05) is 24.8 Å². The number of carbonyl (C=O) groups excluding carboxylic acids is 4. The Morgan fingerprint density at radius 2 is 0.955 bits per heavy atom. The van der Waals surface area contributed by atoms with Crippen LogP contribution in [-0.2, 0) is 19.2 Å². The summed E-state index contributed by atoms with van der Waals surface area (Å²) in [5, 5.41) is 50.1. The predicted molar refractivity (Wildman–Crippen MR) is 40.5 cm³/mol. The Morgan fingerprint density at radius 3 is 1.09 bits per heavy atom. The minimum Gasteiger partial charge on any atom is -0.550 e. The van der Waals surface area contributed by atoms with Crippen LogP contribution in [0.2, 0.25) is 0 Å². The molecule has 0 aliphatic heterocycles. The number of carboxylic acids is 4. The molecule has 0 saturated heterocycles. The normalized spacial score (nSPS) is 11.4. The molecule has 0 aromatic rings. The van der Waals surface area contributed by atoms with E-state index in [9.17, 15) is 44.8 Å². The molecular weight excluding hydrogens is 346 g/mol. The summed E-state index contributed by atoms with van der Waals surface area (Å²) < 4.78 is 0. The van der Waals surface area contributed by atoms with Gasteiger partial charge in [-0.2, -0.15) is 5.06 Å². The first-order valence-corrected chi connectivity index (χ1v) is 4.45. The van der Waals surface area contributed by atoms with Gasteiger partial charge in [-0.15, -0.1) is 0 Å². The Balaban J connectivity index is -0.000000241. The molecule has 10 nitrogen and oxygen atoms in total. The maximum absolute atomic E-state index is 10.5. The second-order valence-electron chi connectivity index (χ2n) is 3.20. The van der Waals surface area contributed by atoms with Crippen LogP contribution in [0, 0.1) is 0 Å². The molecule has 2 unspecified atom stereocenters. The minimum atomic E-state index is -2.29. The van der Waals surface area contributed by atoms with E-state index in [0.29, 0.717) is 0 Å². The van der Waals surface area contributed by atoms with Gasteiger partial charge >= 0.3 is 118 Å². The Labute approximate surface area is 213 Å². The molecule has 0 rings (SSSR count). The number of carboxylic acid groups (broad SMARTS) is 4. The van der Waals surface area contributed by atoms with Gasteiger partial charge in [-0.25, -0.2) is 0 Å². The summed E-state index contributed by atoms with van der Waals surface area (Å²) in [6.45, 7) is 0. The van der Waals surface area contributed by atoms with Crippen molar-refractivity contribution in [2.75, 3.05) is 0 Å². The van der Waals surface area contributed by atoms with Crippen LogP contribution >= 0.6 is 0 Å². The Morgan fingerprint density at radius 1 is 0.727 bits per heavy atom. The van der Waals surface area contributed by atoms with Crippen molar-refractivity contribution in [3.05, 3.63) is 0 Å². The zero-order chi connectivity index (χ0) is 14.5. The van der Waals surface area contributed by atoms with Crippen molar-refractivity contribution in [2.24, 2.45) is 0 Å². The molecule has 0 heterocycles. The summed E-state index contributed by atoms with van der Waals surface area (Å²) in [4.78, 5) is 41.4. The van der Waals surface area contributed by atoms with Crippen molar-refractivity contribution >= 4 is 23.9 Å². The predicted octanol–water partition coefficient (Wildman–Crippen LogP) is -18.8. The average molecular weight is 353 g/mol. The number of carbonyl (C=O) groups is 4. The summed E-state index contributed by atoms with van der Waals surface area (Å²) in [5.41, 5.74) is 0. The zero-order valence-corrected chi connectivity index (χ0v) is 20.7. The summed E-state index contributed by atoms with van der Waals surface area (Å²) in [7, 11) is 0. The summed E-state index contributed by atoms with van der Waals surface area (Å²) in [5.74, 6) is -8.06. The molecule has 0 radical (unpaired) electrons. The van der Waals surface area contributed by atoms with E-state index in [0.717, 1.165) is 0 Å². The molecule has 0 fully saturated rings. The van der Waals surface area contributed by atoms with Crippen molar-refractivity contribution in [1.29, 1.82) is 0 Å². The molecule has 0 amide bonds. The monoisotopic (exact) mass is 353 g/mol. The molecule has 22 heavy (non-hydrogen) atoms. The second kappa shape index (κ2) is 17.6. The van der Waals surface area contributed by atoms with Crippen molar-refractivity contribution < 1.29 is 163 Å². The fourth-order valence-electron chi connectivity index (χ4n) is 1.10. The van der Waals surface area contributed by atoms with Gasteiger partial charge in [0.2, 0.25) is 0 Å². The van der Waals surface area contributed by atoms with Gasteiger partial charge in [0.1, 0.15) is 0 Å². The molecule has 0 aromatic carbocycles. The molecule has 0 bridgehead atoms. The van der Waals surface area contributed by atoms with Crippen molar-refractivity contribution in [3.63, 3.8) is 0 Å². The van der Waals surface area contributed by atoms with Gasteiger partial charge in [0.05, 0.1) is 24.0 Å². The van der Waals surface area contributed by atoms with E-state index < -0.39 is 53.9 Å². The Bertz CT molecular complexity index is 347. The van der Waals surface area contributed by atoms with Crippen LogP contribution in [0.5, 0.6) is 0 Å². The van der Waals surface area contributed by atoms with Gasteiger partial charge in [-0.05, 0) is 0 Å². The van der Waals surface area contributed by atoms with Crippen LogP contribution < -0.4 is 139 Å². The second-order valence-corrected chi connectivity index (χ2v) is 3.20. The van der Waals surface area contributed by atoms with E-state index in [1.165, 1.54) is 0 Å². The number of hydroxylamine groups is 2. The smallest absolute Gasteiger partial charge is 0.550 e. The van der Waals surface area contributed by atoms with E-state index in [1.54, 1.807) is 0 Å². The Hall–Kier alpha value is 1.80. The molecule has 102 valence electrons. The fraction of sp³-hybridized carbons (Fsp3) is 0.500. The number of aliphatic carboxylic acids is 4. The fourth-order valence-corrected chi connectivity index (χ4v) is 1.10. The molecule has 1 N–H and O–H groups in total. The molecule has 0 aliphatic rings. The first-order valence-electron chi connectivity index (χ1n) is 4.45. The van der Waals surface area contributed by atoms with Gasteiger partial charge in [-0.3, -0.25) is 0 Å². The third kappa shape index (κ3) is 14.2. The Kier molecular flexibility index (Phi) is 28.0. The molecule has 2 atom stereocenters. The van der Waals surface area contributed by atoms with Crippen LogP contribution in [0.25, 0.3) is 0 Å². The summed E-state index contributed by atoms with van der Waals surface area (Å²) >= 11 is 0. The topological polar surface area (TPSA) is 184 Å². The van der Waals surface area contributed by atoms with Gasteiger partial charge in [0.15, 0.2) is 0 Å². The minimum absolute atomic E-state index is 0. The SMILES string of the molecule is O=C([O-])CC(C(=O)[O-])N(O)C(CC(=O)[O-])C(=O)[O-].[Na+].[Na+].[Na+].[Na+]. The van der Waals surface area contributed by atoms with Gasteiger partial charge in [0.25, 0.3) is 0 Å². The molecule has 0 aliphatic carbocycles. The van der Waals surface area contributed by atoms with Gasteiger partial charge < -0.3 is 44.8 Å². The molecule has 0 saturated carbocycles. The summed E-state index contributed by atoms with van der Waals surface area (Å²) in [6.07, 6.45) is -2.59.